The Morgan fingerprint density at radius 1 is 1.00 bits per heavy atom. The average Bonchev–Trinajstić information content (AvgIpc) is 2.60. The highest BCUT2D eigenvalue weighted by molar-refractivity contribution is 5.80. The van der Waals surface area contributed by atoms with Gasteiger partial charge in [-0.1, -0.05) is 12.1 Å². The highest BCUT2D eigenvalue weighted by Crippen LogP contribution is 2.34. The van der Waals surface area contributed by atoms with Gasteiger partial charge in [-0.2, -0.15) is 18.3 Å². The molecule has 140 valence electrons. The minimum atomic E-state index is -4.71. The van der Waals surface area contributed by atoms with E-state index in [1.807, 2.05) is 0 Å². The van der Waals surface area contributed by atoms with Crippen molar-refractivity contribution in [3.63, 3.8) is 0 Å². The number of hydrogen-bond donors (Lipinski definition) is 1. The minimum Gasteiger partial charge on any atom is -0.272 e. The number of nitro benzene ring substituents is 2. The third kappa shape index (κ3) is 5.11. The first-order valence-electron chi connectivity index (χ1n) is 7.25. The largest absolute Gasteiger partial charge is 0.416 e. The summed E-state index contributed by atoms with van der Waals surface area (Å²) in [4.78, 5) is 20.3. The van der Waals surface area contributed by atoms with Crippen LogP contribution in [-0.2, 0) is 6.18 Å². The zero-order valence-corrected chi connectivity index (χ0v) is 13.4. The standard InChI is InChI=1S/C16H11F3N4O4/c17-16(18,19)12-7-8-13(15(10-12)23(26)27)21-20-9-3-5-11-4-1-2-6-14(11)22(24)25/h1-10,21H/b5-3+,20-9+. The van der Waals surface area contributed by atoms with Crippen LogP contribution in [0.2, 0.25) is 0 Å². The molecule has 2 rings (SSSR count). The number of hydrazone groups is 1. The lowest BCUT2D eigenvalue weighted by Crippen LogP contribution is -2.06. The molecule has 0 aliphatic heterocycles. The van der Waals surface area contributed by atoms with E-state index >= 15 is 0 Å². The predicted octanol–water partition coefficient (Wildman–Crippen LogP) is 4.63. The number of hydrogen-bond acceptors (Lipinski definition) is 6. The predicted molar refractivity (Wildman–Crippen MR) is 92.3 cm³/mol. The van der Waals surface area contributed by atoms with E-state index in [0.29, 0.717) is 17.7 Å². The number of nitrogens with one attached hydrogen (secondary N) is 1. The van der Waals surface area contributed by atoms with Crippen LogP contribution in [0.3, 0.4) is 0 Å². The number of nitrogens with zero attached hydrogens (tertiary/aromatic N) is 3. The fraction of sp³-hybridized carbons (Fsp3) is 0.0625. The first kappa shape index (κ1) is 19.6. The number of rotatable bonds is 6. The van der Waals surface area contributed by atoms with Gasteiger partial charge >= 0.3 is 6.18 Å². The number of alkyl halides is 3. The fourth-order valence-electron chi connectivity index (χ4n) is 2.04. The molecule has 0 amide bonds. The van der Waals surface area contributed by atoms with Gasteiger partial charge in [0.15, 0.2) is 0 Å². The van der Waals surface area contributed by atoms with Crippen molar-refractivity contribution in [2.75, 3.05) is 5.43 Å². The van der Waals surface area contributed by atoms with Gasteiger partial charge in [-0.05, 0) is 30.4 Å². The van der Waals surface area contributed by atoms with E-state index < -0.39 is 27.3 Å². The maximum Gasteiger partial charge on any atom is 0.416 e. The van der Waals surface area contributed by atoms with Crippen LogP contribution in [0.4, 0.5) is 30.2 Å². The zero-order chi connectivity index (χ0) is 20.0. The molecule has 0 atom stereocenters. The first-order valence-corrected chi connectivity index (χ1v) is 7.25. The summed E-state index contributed by atoms with van der Waals surface area (Å²) in [6.07, 6.45) is -0.826. The Labute approximate surface area is 149 Å². The number of allylic oxidation sites excluding steroid dienone is 1. The lowest BCUT2D eigenvalue weighted by Gasteiger charge is -2.08. The summed E-state index contributed by atoms with van der Waals surface area (Å²) in [6, 6.07) is 7.93. The monoisotopic (exact) mass is 380 g/mol. The van der Waals surface area contributed by atoms with Gasteiger partial charge in [-0.3, -0.25) is 25.7 Å². The number of para-hydroxylation sites is 1. The summed E-state index contributed by atoms with van der Waals surface area (Å²) >= 11 is 0. The lowest BCUT2D eigenvalue weighted by molar-refractivity contribution is -0.385. The van der Waals surface area contributed by atoms with Crippen LogP contribution in [0.1, 0.15) is 11.1 Å². The Morgan fingerprint density at radius 2 is 1.67 bits per heavy atom. The Bertz CT molecular complexity index is 926. The number of benzene rings is 2. The van der Waals surface area contributed by atoms with Crippen LogP contribution >= 0.6 is 0 Å². The molecule has 0 spiro atoms. The summed E-state index contributed by atoms with van der Waals surface area (Å²) in [7, 11) is 0. The lowest BCUT2D eigenvalue weighted by atomic mass is 10.1. The highest BCUT2D eigenvalue weighted by Gasteiger charge is 2.33. The van der Waals surface area contributed by atoms with Gasteiger partial charge in [0.1, 0.15) is 5.69 Å². The maximum absolute atomic E-state index is 12.6. The fourth-order valence-corrected chi connectivity index (χ4v) is 2.04. The summed E-state index contributed by atoms with van der Waals surface area (Å²) in [6.45, 7) is 0. The molecule has 0 aliphatic rings. The molecule has 11 heteroatoms. The Balaban J connectivity index is 2.15. The summed E-state index contributed by atoms with van der Waals surface area (Å²) in [5, 5.41) is 25.5. The summed E-state index contributed by atoms with van der Waals surface area (Å²) in [5.74, 6) is 0. The third-order valence-electron chi connectivity index (χ3n) is 3.28. The van der Waals surface area contributed by atoms with Crippen molar-refractivity contribution in [1.82, 2.24) is 0 Å². The van der Waals surface area contributed by atoms with Crippen molar-refractivity contribution < 1.29 is 23.0 Å². The van der Waals surface area contributed by atoms with Crippen LogP contribution in [0.25, 0.3) is 6.08 Å². The molecule has 0 aromatic heterocycles. The van der Waals surface area contributed by atoms with E-state index in [0.717, 1.165) is 12.3 Å². The highest BCUT2D eigenvalue weighted by atomic mass is 19.4. The van der Waals surface area contributed by atoms with Gasteiger partial charge in [0, 0.05) is 18.3 Å². The van der Waals surface area contributed by atoms with Crippen molar-refractivity contribution in [2.24, 2.45) is 5.10 Å². The summed E-state index contributed by atoms with van der Waals surface area (Å²) in [5.41, 5.74) is 0.296. The van der Waals surface area contributed by atoms with Gasteiger partial charge < -0.3 is 0 Å². The second kappa shape index (κ2) is 8.08. The van der Waals surface area contributed by atoms with Crippen LogP contribution in [0, 0.1) is 20.2 Å². The van der Waals surface area contributed by atoms with Gasteiger partial charge in [-0.25, -0.2) is 0 Å². The Kier molecular flexibility index (Phi) is 5.85. The molecule has 0 saturated carbocycles. The van der Waals surface area contributed by atoms with Gasteiger partial charge in [-0.15, -0.1) is 0 Å². The number of anilines is 1. The van der Waals surface area contributed by atoms with Crippen LogP contribution < -0.4 is 5.43 Å². The van der Waals surface area contributed by atoms with Crippen molar-refractivity contribution in [3.8, 4) is 0 Å². The van der Waals surface area contributed by atoms with E-state index in [2.05, 4.69) is 10.5 Å². The third-order valence-corrected chi connectivity index (χ3v) is 3.28. The van der Waals surface area contributed by atoms with Gasteiger partial charge in [0.2, 0.25) is 0 Å². The van der Waals surface area contributed by atoms with Crippen molar-refractivity contribution in [2.45, 2.75) is 6.18 Å². The smallest absolute Gasteiger partial charge is 0.272 e. The molecule has 2 aromatic rings. The Morgan fingerprint density at radius 3 is 2.30 bits per heavy atom. The Hall–Kier alpha value is -3.76. The number of halogens is 3. The van der Waals surface area contributed by atoms with Gasteiger partial charge in [0.25, 0.3) is 11.4 Å². The topological polar surface area (TPSA) is 111 Å². The van der Waals surface area contributed by atoms with Gasteiger partial charge in [0.05, 0.1) is 21.0 Å². The van der Waals surface area contributed by atoms with Crippen LogP contribution in [0.15, 0.2) is 53.6 Å². The normalized spacial score (nSPS) is 11.8. The molecule has 0 fully saturated rings. The van der Waals surface area contributed by atoms with E-state index in [-0.39, 0.29) is 11.4 Å². The number of nitro groups is 2. The molecule has 0 radical (unpaired) electrons. The van der Waals surface area contributed by atoms with Crippen LogP contribution in [0.5, 0.6) is 0 Å². The molecule has 1 N–H and O–H groups in total. The van der Waals surface area contributed by atoms with E-state index in [1.165, 1.54) is 30.4 Å². The SMILES string of the molecule is O=[N+]([O-])c1ccccc1/C=C/C=N/Nc1ccc(C(F)(F)F)cc1[N+](=O)[O-]. The molecule has 27 heavy (non-hydrogen) atoms. The van der Waals surface area contributed by atoms with Crippen molar-refractivity contribution in [3.05, 3.63) is 79.9 Å². The second-order valence-corrected chi connectivity index (χ2v) is 5.05. The summed E-state index contributed by atoms with van der Waals surface area (Å²) < 4.78 is 37.9. The molecular formula is C16H11F3N4O4. The first-order chi connectivity index (χ1) is 12.7. The second-order valence-electron chi connectivity index (χ2n) is 5.05. The molecule has 2 aromatic carbocycles. The molecule has 0 bridgehead atoms. The minimum absolute atomic E-state index is 0.117. The van der Waals surface area contributed by atoms with E-state index in [4.69, 9.17) is 0 Å². The molecular weight excluding hydrogens is 369 g/mol. The van der Waals surface area contributed by atoms with Crippen molar-refractivity contribution >= 4 is 29.4 Å². The average molecular weight is 380 g/mol. The molecule has 0 aliphatic carbocycles. The molecule has 0 heterocycles. The molecule has 0 saturated heterocycles. The maximum atomic E-state index is 12.6. The molecule has 8 nitrogen and oxygen atoms in total. The van der Waals surface area contributed by atoms with Crippen molar-refractivity contribution in [1.29, 1.82) is 0 Å². The quantitative estimate of drug-likeness (QED) is 0.446. The molecule has 0 unspecified atom stereocenters. The zero-order valence-electron chi connectivity index (χ0n) is 13.4. The van der Waals surface area contributed by atoms with Crippen LogP contribution in [-0.4, -0.2) is 16.1 Å². The van der Waals surface area contributed by atoms with E-state index in [1.54, 1.807) is 6.07 Å². The van der Waals surface area contributed by atoms with E-state index in [9.17, 15) is 33.4 Å².